The fraction of sp³-hybridized carbons (Fsp3) is 0.409. The zero-order chi connectivity index (χ0) is 21.3. The minimum Gasteiger partial charge on any atom is -0.492 e. The van der Waals surface area contributed by atoms with E-state index in [9.17, 15) is 4.79 Å². The number of nitrogens with one attached hydrogen (secondary N) is 2. The third-order valence-electron chi connectivity index (χ3n) is 4.74. The van der Waals surface area contributed by atoms with Gasteiger partial charge < -0.3 is 20.3 Å². The average Bonchev–Trinajstić information content (AvgIpc) is 3.16. The number of hydrogen-bond acceptors (Lipinski definition) is 5. The Morgan fingerprint density at radius 3 is 2.77 bits per heavy atom. The van der Waals surface area contributed by atoms with Gasteiger partial charge in [-0.15, -0.1) is 10.2 Å². The Bertz CT molecular complexity index is 955. The molecule has 3 aromatic rings. The van der Waals surface area contributed by atoms with Gasteiger partial charge >= 0.3 is 6.03 Å². The summed E-state index contributed by atoms with van der Waals surface area (Å²) in [7, 11) is 4.01. The molecule has 0 bridgehead atoms. The van der Waals surface area contributed by atoms with E-state index in [1.54, 1.807) is 0 Å². The van der Waals surface area contributed by atoms with Crippen molar-refractivity contribution in [1.29, 1.82) is 0 Å². The molecule has 8 heteroatoms. The summed E-state index contributed by atoms with van der Waals surface area (Å²) in [6, 6.07) is 13.0. The van der Waals surface area contributed by atoms with Crippen molar-refractivity contribution in [3.05, 3.63) is 60.0 Å². The number of carbonyl (C=O) groups is 1. The monoisotopic (exact) mass is 410 g/mol. The molecule has 30 heavy (non-hydrogen) atoms. The summed E-state index contributed by atoms with van der Waals surface area (Å²) in [5.74, 6) is 1.52. The number of nitrogens with zero attached hydrogens (tertiary/aromatic N) is 4. The van der Waals surface area contributed by atoms with E-state index in [1.807, 2.05) is 67.2 Å². The van der Waals surface area contributed by atoms with Crippen LogP contribution in [-0.4, -0.2) is 52.8 Å². The van der Waals surface area contributed by atoms with Crippen molar-refractivity contribution >= 4 is 11.7 Å². The van der Waals surface area contributed by atoms with E-state index < -0.39 is 0 Å². The van der Waals surface area contributed by atoms with Crippen molar-refractivity contribution in [2.75, 3.05) is 27.2 Å². The Kier molecular flexibility index (Phi) is 7.62. The third kappa shape index (κ3) is 5.70. The van der Waals surface area contributed by atoms with Crippen LogP contribution in [0.1, 0.15) is 37.2 Å². The van der Waals surface area contributed by atoms with Gasteiger partial charge in [-0.2, -0.15) is 0 Å². The first-order chi connectivity index (χ1) is 14.6. The Hall–Kier alpha value is -3.13. The van der Waals surface area contributed by atoms with Crippen LogP contribution in [0.4, 0.5) is 4.79 Å². The van der Waals surface area contributed by atoms with Crippen molar-refractivity contribution < 1.29 is 9.53 Å². The molecule has 3 rings (SSSR count). The lowest BCUT2D eigenvalue weighted by Crippen LogP contribution is -2.38. The van der Waals surface area contributed by atoms with Gasteiger partial charge in [-0.3, -0.25) is 4.40 Å². The molecular weight excluding hydrogens is 380 g/mol. The second-order valence-electron chi connectivity index (χ2n) is 7.41. The molecular formula is C22H30N6O2. The second-order valence-corrected chi connectivity index (χ2v) is 7.41. The number of pyridine rings is 1. The number of fused-ring (bicyclic) bond motifs is 1. The summed E-state index contributed by atoms with van der Waals surface area (Å²) in [5.41, 5.74) is 1.70. The summed E-state index contributed by atoms with van der Waals surface area (Å²) < 4.78 is 7.78. The summed E-state index contributed by atoms with van der Waals surface area (Å²) in [4.78, 5) is 14.7. The van der Waals surface area contributed by atoms with Crippen molar-refractivity contribution in [1.82, 2.24) is 30.1 Å². The van der Waals surface area contributed by atoms with Gasteiger partial charge in [0, 0.05) is 24.8 Å². The normalized spacial score (nSPS) is 12.1. The van der Waals surface area contributed by atoms with Crippen molar-refractivity contribution in [3.63, 3.8) is 0 Å². The number of urea groups is 1. The molecule has 0 aliphatic rings. The zero-order valence-corrected chi connectivity index (χ0v) is 17.8. The summed E-state index contributed by atoms with van der Waals surface area (Å²) in [6.07, 6.45) is 3.59. The number of aromatic nitrogens is 3. The van der Waals surface area contributed by atoms with E-state index in [0.717, 1.165) is 42.2 Å². The minimum atomic E-state index is -0.246. The quantitative estimate of drug-likeness (QED) is 0.537. The first-order valence-electron chi connectivity index (χ1n) is 10.3. The zero-order valence-electron chi connectivity index (χ0n) is 17.8. The predicted molar refractivity (Wildman–Crippen MR) is 116 cm³/mol. The number of rotatable bonds is 10. The highest BCUT2D eigenvalue weighted by Gasteiger charge is 2.19. The van der Waals surface area contributed by atoms with Crippen LogP contribution in [0.15, 0.2) is 48.7 Å². The summed E-state index contributed by atoms with van der Waals surface area (Å²) in [6.45, 7) is 3.88. The van der Waals surface area contributed by atoms with Crippen LogP contribution in [0, 0.1) is 0 Å². The third-order valence-corrected chi connectivity index (χ3v) is 4.74. The van der Waals surface area contributed by atoms with E-state index in [4.69, 9.17) is 4.74 Å². The number of para-hydroxylation sites is 1. The molecule has 1 unspecified atom stereocenters. The largest absolute Gasteiger partial charge is 0.492 e. The van der Waals surface area contributed by atoms with Crippen molar-refractivity contribution in [2.24, 2.45) is 0 Å². The summed E-state index contributed by atoms with van der Waals surface area (Å²) in [5, 5.41) is 14.5. The Morgan fingerprint density at radius 2 is 1.97 bits per heavy atom. The molecule has 1 aromatic carbocycles. The maximum Gasteiger partial charge on any atom is 0.315 e. The molecule has 0 saturated heterocycles. The van der Waals surface area contributed by atoms with Gasteiger partial charge in [0.2, 0.25) is 0 Å². The highest BCUT2D eigenvalue weighted by Crippen LogP contribution is 2.19. The lowest BCUT2D eigenvalue weighted by molar-refractivity contribution is 0.234. The summed E-state index contributed by atoms with van der Waals surface area (Å²) >= 11 is 0. The predicted octanol–water partition coefficient (Wildman–Crippen LogP) is 3.01. The molecule has 0 radical (unpaired) electrons. The maximum absolute atomic E-state index is 12.6. The number of ether oxygens (including phenoxy) is 1. The number of amides is 2. The minimum absolute atomic E-state index is 0.223. The molecule has 0 aliphatic carbocycles. The van der Waals surface area contributed by atoms with Crippen molar-refractivity contribution in [2.45, 2.75) is 32.4 Å². The van der Waals surface area contributed by atoms with E-state index in [1.165, 1.54) is 0 Å². The molecule has 2 N–H and O–H groups in total. The standard InChI is InChI=1S/C22H30N6O2/c1-4-9-18(21-26-25-20-12-7-8-13-28(20)21)24-22(29)23-16-17-10-5-6-11-19(17)30-15-14-27(2)3/h5-8,10-13,18H,4,9,14-16H2,1-3H3,(H2,23,24,29). The Balaban J connectivity index is 1.62. The molecule has 0 spiro atoms. The molecule has 0 saturated carbocycles. The van der Waals surface area contributed by atoms with Crippen LogP contribution in [0.25, 0.3) is 5.65 Å². The van der Waals surface area contributed by atoms with Gasteiger partial charge in [-0.05, 0) is 38.7 Å². The molecule has 0 aliphatic heterocycles. The van der Waals surface area contributed by atoms with Crippen LogP contribution in [0.3, 0.4) is 0 Å². The lowest BCUT2D eigenvalue weighted by Gasteiger charge is -2.18. The van der Waals surface area contributed by atoms with Crippen LogP contribution in [-0.2, 0) is 6.54 Å². The number of hydrogen-bond donors (Lipinski definition) is 2. The number of likely N-dealkylation sites (N-methyl/N-ethyl adjacent to an activating group) is 1. The first kappa shape index (κ1) is 21.6. The van der Waals surface area contributed by atoms with Gasteiger partial charge in [0.1, 0.15) is 12.4 Å². The highest BCUT2D eigenvalue weighted by molar-refractivity contribution is 5.74. The number of carbonyl (C=O) groups excluding carboxylic acids is 1. The van der Waals surface area contributed by atoms with Crippen LogP contribution in [0.5, 0.6) is 5.75 Å². The molecule has 0 fully saturated rings. The SMILES string of the molecule is CCCC(NC(=O)NCc1ccccc1OCCN(C)C)c1nnc2ccccn12. The van der Waals surface area contributed by atoms with Gasteiger partial charge in [-0.1, -0.05) is 37.6 Å². The van der Waals surface area contributed by atoms with Gasteiger partial charge in [0.15, 0.2) is 11.5 Å². The van der Waals surface area contributed by atoms with Gasteiger partial charge in [-0.25, -0.2) is 4.79 Å². The van der Waals surface area contributed by atoms with Crippen LogP contribution < -0.4 is 15.4 Å². The average molecular weight is 411 g/mol. The second kappa shape index (κ2) is 10.6. The van der Waals surface area contributed by atoms with E-state index >= 15 is 0 Å². The smallest absolute Gasteiger partial charge is 0.315 e. The first-order valence-corrected chi connectivity index (χ1v) is 10.3. The topological polar surface area (TPSA) is 83.8 Å². The molecule has 1 atom stereocenters. The van der Waals surface area contributed by atoms with Gasteiger partial charge in [0.25, 0.3) is 0 Å². The fourth-order valence-corrected chi connectivity index (χ4v) is 3.17. The van der Waals surface area contributed by atoms with E-state index in [-0.39, 0.29) is 12.1 Å². The van der Waals surface area contributed by atoms with Gasteiger partial charge in [0.05, 0.1) is 6.04 Å². The molecule has 2 heterocycles. The number of benzene rings is 1. The fourth-order valence-electron chi connectivity index (χ4n) is 3.17. The molecule has 2 amide bonds. The highest BCUT2D eigenvalue weighted by atomic mass is 16.5. The molecule has 160 valence electrons. The Labute approximate surface area is 177 Å². The van der Waals surface area contributed by atoms with Crippen LogP contribution >= 0.6 is 0 Å². The lowest BCUT2D eigenvalue weighted by atomic mass is 10.1. The Morgan fingerprint density at radius 1 is 1.17 bits per heavy atom. The molecule has 2 aromatic heterocycles. The maximum atomic E-state index is 12.6. The molecule has 8 nitrogen and oxygen atoms in total. The van der Waals surface area contributed by atoms with Crippen molar-refractivity contribution in [3.8, 4) is 5.75 Å². The van der Waals surface area contributed by atoms with E-state index in [2.05, 4.69) is 32.7 Å². The van der Waals surface area contributed by atoms with E-state index in [0.29, 0.717) is 13.2 Å². The van der Waals surface area contributed by atoms with Crippen LogP contribution in [0.2, 0.25) is 0 Å².